The van der Waals surface area contributed by atoms with Gasteiger partial charge in [-0.2, -0.15) is 0 Å². The molecule has 0 saturated heterocycles. The van der Waals surface area contributed by atoms with Crippen molar-refractivity contribution in [2.24, 2.45) is 5.41 Å². The highest BCUT2D eigenvalue weighted by molar-refractivity contribution is 5.36. The Bertz CT molecular complexity index is 558. The highest BCUT2D eigenvalue weighted by Crippen LogP contribution is 2.36. The van der Waals surface area contributed by atoms with E-state index in [4.69, 9.17) is 0 Å². The van der Waals surface area contributed by atoms with Crippen LogP contribution in [0.5, 0.6) is 0 Å². The molecule has 0 aromatic carbocycles. The van der Waals surface area contributed by atoms with Crippen LogP contribution in [0.3, 0.4) is 0 Å². The van der Waals surface area contributed by atoms with Crippen LogP contribution in [0.15, 0.2) is 24.4 Å². The topological polar surface area (TPSA) is 42.2 Å². The highest BCUT2D eigenvalue weighted by Gasteiger charge is 2.30. The molecule has 2 aromatic heterocycles. The van der Waals surface area contributed by atoms with Crippen molar-refractivity contribution >= 4 is 5.65 Å². The summed E-state index contributed by atoms with van der Waals surface area (Å²) in [5.74, 6) is 1.04. The van der Waals surface area contributed by atoms with Gasteiger partial charge in [0, 0.05) is 25.2 Å². The van der Waals surface area contributed by atoms with E-state index in [1.165, 1.54) is 19.3 Å². The molecule has 1 atom stereocenters. The number of hydrogen-bond acceptors (Lipinski definition) is 3. The van der Waals surface area contributed by atoms with Gasteiger partial charge in [0.1, 0.15) is 5.82 Å². The molecule has 4 nitrogen and oxygen atoms in total. The standard InChI is InChI=1S/C15H22N4/c1-15(2)8-6-12(11-15)16-9-7-14-18-17-13-5-3-4-10-19(13)14/h3-5,10,12,16H,6-9,11H2,1-2H3. The predicted molar refractivity (Wildman–Crippen MR) is 76.1 cm³/mol. The van der Waals surface area contributed by atoms with Crippen molar-refractivity contribution in [1.29, 1.82) is 0 Å². The molecule has 0 bridgehead atoms. The summed E-state index contributed by atoms with van der Waals surface area (Å²) in [7, 11) is 0. The number of rotatable bonds is 4. The molecule has 1 aliphatic carbocycles. The molecule has 19 heavy (non-hydrogen) atoms. The molecule has 1 N–H and O–H groups in total. The van der Waals surface area contributed by atoms with Gasteiger partial charge in [-0.15, -0.1) is 10.2 Å². The van der Waals surface area contributed by atoms with E-state index in [9.17, 15) is 0 Å². The molecule has 4 heteroatoms. The molecule has 2 heterocycles. The number of nitrogens with one attached hydrogen (secondary N) is 1. The minimum atomic E-state index is 0.513. The van der Waals surface area contributed by atoms with Crippen LogP contribution in [0.2, 0.25) is 0 Å². The average molecular weight is 258 g/mol. The lowest BCUT2D eigenvalue weighted by atomic mass is 9.92. The molecule has 0 aliphatic heterocycles. The Morgan fingerprint density at radius 3 is 3.05 bits per heavy atom. The second-order valence-electron chi connectivity index (χ2n) is 6.35. The van der Waals surface area contributed by atoms with Crippen molar-refractivity contribution in [3.05, 3.63) is 30.2 Å². The Labute approximate surface area is 114 Å². The second-order valence-corrected chi connectivity index (χ2v) is 6.35. The third-order valence-corrected chi connectivity index (χ3v) is 4.13. The van der Waals surface area contributed by atoms with Gasteiger partial charge in [-0.25, -0.2) is 0 Å². The van der Waals surface area contributed by atoms with Crippen molar-refractivity contribution in [3.63, 3.8) is 0 Å². The summed E-state index contributed by atoms with van der Waals surface area (Å²) in [4.78, 5) is 0. The molecule has 1 aliphatic rings. The fourth-order valence-corrected chi connectivity index (χ4v) is 3.06. The first-order valence-electron chi connectivity index (χ1n) is 7.16. The number of fused-ring (bicyclic) bond motifs is 1. The van der Waals surface area contributed by atoms with Gasteiger partial charge in [-0.3, -0.25) is 4.40 Å². The molecular weight excluding hydrogens is 236 g/mol. The molecule has 2 aromatic rings. The Balaban J connectivity index is 1.55. The SMILES string of the molecule is CC1(C)CCC(NCCc2nnc3ccccn23)C1. The first-order valence-corrected chi connectivity index (χ1v) is 7.16. The predicted octanol–water partition coefficient (Wildman–Crippen LogP) is 2.44. The van der Waals surface area contributed by atoms with E-state index >= 15 is 0 Å². The summed E-state index contributed by atoms with van der Waals surface area (Å²) < 4.78 is 2.07. The maximum absolute atomic E-state index is 4.26. The van der Waals surface area contributed by atoms with Gasteiger partial charge in [0.15, 0.2) is 5.65 Å². The number of pyridine rings is 1. The second kappa shape index (κ2) is 4.93. The minimum absolute atomic E-state index is 0.513. The third-order valence-electron chi connectivity index (χ3n) is 4.13. The van der Waals surface area contributed by atoms with E-state index in [1.54, 1.807) is 0 Å². The van der Waals surface area contributed by atoms with Crippen LogP contribution in [0.4, 0.5) is 0 Å². The molecule has 1 fully saturated rings. The Morgan fingerprint density at radius 1 is 1.37 bits per heavy atom. The largest absolute Gasteiger partial charge is 0.314 e. The van der Waals surface area contributed by atoms with Crippen LogP contribution in [0.1, 0.15) is 38.9 Å². The van der Waals surface area contributed by atoms with Gasteiger partial charge in [-0.05, 0) is 36.8 Å². The monoisotopic (exact) mass is 258 g/mol. The molecule has 1 saturated carbocycles. The summed E-state index contributed by atoms with van der Waals surface area (Å²) in [5, 5.41) is 12.1. The van der Waals surface area contributed by atoms with Gasteiger partial charge < -0.3 is 5.32 Å². The fraction of sp³-hybridized carbons (Fsp3) is 0.600. The van der Waals surface area contributed by atoms with E-state index in [2.05, 4.69) is 33.8 Å². The van der Waals surface area contributed by atoms with Crippen LogP contribution in [-0.4, -0.2) is 27.2 Å². The van der Waals surface area contributed by atoms with E-state index in [0.717, 1.165) is 24.4 Å². The number of nitrogens with zero attached hydrogens (tertiary/aromatic N) is 3. The summed E-state index contributed by atoms with van der Waals surface area (Å²) in [6.07, 6.45) is 6.88. The molecule has 0 spiro atoms. The van der Waals surface area contributed by atoms with Crippen LogP contribution in [-0.2, 0) is 6.42 Å². The zero-order chi connectivity index (χ0) is 13.3. The Morgan fingerprint density at radius 2 is 2.26 bits per heavy atom. The van der Waals surface area contributed by atoms with Gasteiger partial charge in [0.05, 0.1) is 0 Å². The first kappa shape index (κ1) is 12.6. The molecule has 1 unspecified atom stereocenters. The molecule has 3 rings (SSSR count). The Kier molecular flexibility index (Phi) is 3.27. The van der Waals surface area contributed by atoms with E-state index in [0.29, 0.717) is 11.5 Å². The van der Waals surface area contributed by atoms with Crippen molar-refractivity contribution in [3.8, 4) is 0 Å². The molecular formula is C15H22N4. The lowest BCUT2D eigenvalue weighted by Gasteiger charge is -2.17. The van der Waals surface area contributed by atoms with E-state index in [1.807, 2.05) is 24.4 Å². The molecule has 0 radical (unpaired) electrons. The lowest BCUT2D eigenvalue weighted by molar-refractivity contribution is 0.365. The van der Waals surface area contributed by atoms with Crippen LogP contribution >= 0.6 is 0 Å². The number of aromatic nitrogens is 3. The van der Waals surface area contributed by atoms with E-state index in [-0.39, 0.29) is 0 Å². The van der Waals surface area contributed by atoms with Crippen molar-refractivity contribution in [2.75, 3.05) is 6.54 Å². The summed E-state index contributed by atoms with van der Waals surface area (Å²) >= 11 is 0. The van der Waals surface area contributed by atoms with Gasteiger partial charge >= 0.3 is 0 Å². The molecule has 0 amide bonds. The maximum Gasteiger partial charge on any atom is 0.160 e. The van der Waals surface area contributed by atoms with Gasteiger partial charge in [0.25, 0.3) is 0 Å². The highest BCUT2D eigenvalue weighted by atomic mass is 15.2. The summed E-state index contributed by atoms with van der Waals surface area (Å²) in [6, 6.07) is 6.68. The molecule has 102 valence electrons. The quantitative estimate of drug-likeness (QED) is 0.916. The summed E-state index contributed by atoms with van der Waals surface area (Å²) in [6.45, 7) is 5.71. The van der Waals surface area contributed by atoms with Crippen molar-refractivity contribution in [2.45, 2.75) is 45.6 Å². The lowest BCUT2D eigenvalue weighted by Crippen LogP contribution is -2.29. The van der Waals surface area contributed by atoms with E-state index < -0.39 is 0 Å². The van der Waals surface area contributed by atoms with Gasteiger partial charge in [0.2, 0.25) is 0 Å². The third kappa shape index (κ3) is 2.78. The van der Waals surface area contributed by atoms with Gasteiger partial charge in [-0.1, -0.05) is 19.9 Å². The smallest absolute Gasteiger partial charge is 0.160 e. The average Bonchev–Trinajstić information content (AvgIpc) is 2.94. The fourth-order valence-electron chi connectivity index (χ4n) is 3.06. The van der Waals surface area contributed by atoms with Crippen LogP contribution in [0.25, 0.3) is 5.65 Å². The minimum Gasteiger partial charge on any atom is -0.314 e. The zero-order valence-corrected chi connectivity index (χ0v) is 11.8. The zero-order valence-electron chi connectivity index (χ0n) is 11.8. The summed E-state index contributed by atoms with van der Waals surface area (Å²) in [5.41, 5.74) is 1.44. The first-order chi connectivity index (χ1) is 9.14. The van der Waals surface area contributed by atoms with Crippen LogP contribution < -0.4 is 5.32 Å². The number of hydrogen-bond donors (Lipinski definition) is 1. The Hall–Kier alpha value is -1.42. The van der Waals surface area contributed by atoms with Crippen molar-refractivity contribution in [1.82, 2.24) is 19.9 Å². The normalized spacial score (nSPS) is 22.1. The van der Waals surface area contributed by atoms with Crippen molar-refractivity contribution < 1.29 is 0 Å². The maximum atomic E-state index is 4.26. The van der Waals surface area contributed by atoms with Crippen LogP contribution in [0, 0.1) is 5.41 Å².